The van der Waals surface area contributed by atoms with Gasteiger partial charge in [0.05, 0.1) is 0 Å². The van der Waals surface area contributed by atoms with Crippen LogP contribution in [0, 0.1) is 0 Å². The highest BCUT2D eigenvalue weighted by atomic mass is 35.5. The first kappa shape index (κ1) is 12.5. The summed E-state index contributed by atoms with van der Waals surface area (Å²) in [6.45, 7) is 0. The van der Waals surface area contributed by atoms with E-state index in [-0.39, 0.29) is 11.9 Å². The average Bonchev–Trinajstić information content (AvgIpc) is 2.32. The van der Waals surface area contributed by atoms with E-state index in [0.29, 0.717) is 22.4 Å². The minimum atomic E-state index is -0.712. The van der Waals surface area contributed by atoms with Gasteiger partial charge in [-0.3, -0.25) is 9.00 Å². The smallest absolute Gasteiger partial charge is 0.270 e. The Hall–Kier alpha value is -0.940. The Kier molecular flexibility index (Phi) is 4.12. The van der Waals surface area contributed by atoms with Gasteiger partial charge in [0.2, 0.25) is 0 Å². The molecule has 4 nitrogen and oxygen atoms in total. The van der Waals surface area contributed by atoms with E-state index < -0.39 is 10.8 Å². The van der Waals surface area contributed by atoms with Crippen LogP contribution < -0.4 is 5.32 Å². The van der Waals surface area contributed by atoms with Crippen molar-refractivity contribution in [2.45, 2.75) is 18.9 Å². The van der Waals surface area contributed by atoms with Crippen molar-refractivity contribution in [3.8, 4) is 0 Å². The number of amides is 1. The molecular formula is C11H13ClN2O2S. The highest BCUT2D eigenvalue weighted by molar-refractivity contribution is 7.85. The van der Waals surface area contributed by atoms with E-state index in [2.05, 4.69) is 10.3 Å². The van der Waals surface area contributed by atoms with Crippen molar-refractivity contribution in [3.63, 3.8) is 0 Å². The molecule has 0 bridgehead atoms. The lowest BCUT2D eigenvalue weighted by Gasteiger charge is -2.22. The third-order valence-corrected chi connectivity index (χ3v) is 4.26. The molecule has 17 heavy (non-hydrogen) atoms. The standard InChI is InChI=1S/C11H13ClN2O2S/c12-10-3-1-2-9(14-10)11(15)13-8-4-6-17(16)7-5-8/h1-3,8H,4-7H2,(H,13,15). The first-order chi connectivity index (χ1) is 8.15. The Balaban J connectivity index is 1.95. The van der Waals surface area contributed by atoms with Crippen LogP contribution in [0.4, 0.5) is 0 Å². The number of nitrogens with zero attached hydrogens (tertiary/aromatic N) is 1. The van der Waals surface area contributed by atoms with Gasteiger partial charge in [0, 0.05) is 28.3 Å². The SMILES string of the molecule is O=C(NC1CCS(=O)CC1)c1cccc(Cl)n1. The molecule has 1 N–H and O–H groups in total. The third-order valence-electron chi connectivity index (χ3n) is 2.67. The number of nitrogens with one attached hydrogen (secondary N) is 1. The summed E-state index contributed by atoms with van der Waals surface area (Å²) in [5.74, 6) is 1.10. The Morgan fingerprint density at radius 3 is 2.76 bits per heavy atom. The number of hydrogen-bond donors (Lipinski definition) is 1. The Bertz CT molecular complexity index is 443. The predicted molar refractivity (Wildman–Crippen MR) is 67.6 cm³/mol. The number of hydrogen-bond acceptors (Lipinski definition) is 3. The molecule has 0 aliphatic carbocycles. The summed E-state index contributed by atoms with van der Waals surface area (Å²) >= 11 is 5.72. The van der Waals surface area contributed by atoms with Crippen molar-refractivity contribution in [3.05, 3.63) is 29.0 Å². The minimum absolute atomic E-state index is 0.0981. The van der Waals surface area contributed by atoms with Gasteiger partial charge in [-0.25, -0.2) is 4.98 Å². The van der Waals surface area contributed by atoms with Crippen molar-refractivity contribution >= 4 is 28.3 Å². The summed E-state index contributed by atoms with van der Waals surface area (Å²) in [6, 6.07) is 5.05. The molecule has 0 spiro atoms. The molecule has 0 atom stereocenters. The van der Waals surface area contributed by atoms with Gasteiger partial charge >= 0.3 is 0 Å². The Morgan fingerprint density at radius 2 is 2.12 bits per heavy atom. The summed E-state index contributed by atoms with van der Waals surface area (Å²) < 4.78 is 11.2. The van der Waals surface area contributed by atoms with Crippen molar-refractivity contribution in [2.24, 2.45) is 0 Å². The molecule has 0 unspecified atom stereocenters. The van der Waals surface area contributed by atoms with Crippen molar-refractivity contribution in [1.29, 1.82) is 0 Å². The van der Waals surface area contributed by atoms with Gasteiger partial charge < -0.3 is 5.32 Å². The van der Waals surface area contributed by atoms with Gasteiger partial charge in [0.25, 0.3) is 5.91 Å². The largest absolute Gasteiger partial charge is 0.348 e. The quantitative estimate of drug-likeness (QED) is 0.828. The lowest BCUT2D eigenvalue weighted by atomic mass is 10.1. The van der Waals surface area contributed by atoms with Crippen molar-refractivity contribution < 1.29 is 9.00 Å². The second kappa shape index (κ2) is 5.60. The first-order valence-corrected chi connectivity index (χ1v) is 7.30. The number of rotatable bonds is 2. The number of halogens is 1. The van der Waals surface area contributed by atoms with Gasteiger partial charge in [-0.15, -0.1) is 0 Å². The molecule has 1 aliphatic heterocycles. The molecule has 1 fully saturated rings. The third kappa shape index (κ3) is 3.51. The van der Waals surface area contributed by atoms with Gasteiger partial charge in [0.15, 0.2) is 0 Å². The number of aromatic nitrogens is 1. The summed E-state index contributed by atoms with van der Waals surface area (Å²) in [5.41, 5.74) is 0.323. The van der Waals surface area contributed by atoms with Crippen LogP contribution in [-0.2, 0) is 10.8 Å². The van der Waals surface area contributed by atoms with Crippen LogP contribution in [0.2, 0.25) is 5.15 Å². The second-order valence-corrected chi connectivity index (χ2v) is 6.02. The minimum Gasteiger partial charge on any atom is -0.348 e. The fourth-order valence-electron chi connectivity index (χ4n) is 1.73. The summed E-state index contributed by atoms with van der Waals surface area (Å²) in [4.78, 5) is 15.8. The van der Waals surface area contributed by atoms with E-state index in [0.717, 1.165) is 12.8 Å². The van der Waals surface area contributed by atoms with Crippen LogP contribution in [0.1, 0.15) is 23.3 Å². The molecule has 2 rings (SSSR count). The van der Waals surface area contributed by atoms with Gasteiger partial charge in [-0.1, -0.05) is 17.7 Å². The van der Waals surface area contributed by atoms with E-state index in [9.17, 15) is 9.00 Å². The molecular weight excluding hydrogens is 260 g/mol. The zero-order chi connectivity index (χ0) is 12.3. The van der Waals surface area contributed by atoms with Crippen LogP contribution in [0.3, 0.4) is 0 Å². The van der Waals surface area contributed by atoms with Crippen LogP contribution in [-0.4, -0.2) is 32.6 Å². The van der Waals surface area contributed by atoms with Crippen LogP contribution in [0.25, 0.3) is 0 Å². The summed E-state index contributed by atoms with van der Waals surface area (Å²) in [7, 11) is -0.712. The van der Waals surface area contributed by atoms with E-state index in [1.807, 2.05) is 0 Å². The number of pyridine rings is 1. The lowest BCUT2D eigenvalue weighted by Crippen LogP contribution is -2.39. The lowest BCUT2D eigenvalue weighted by molar-refractivity contribution is 0.0929. The predicted octanol–water partition coefficient (Wildman–Crippen LogP) is 1.38. The van der Waals surface area contributed by atoms with Gasteiger partial charge in [-0.05, 0) is 25.0 Å². The molecule has 1 aromatic rings. The first-order valence-electron chi connectivity index (χ1n) is 5.43. The van der Waals surface area contributed by atoms with Crippen LogP contribution in [0.5, 0.6) is 0 Å². The maximum absolute atomic E-state index is 11.8. The summed E-state index contributed by atoms with van der Waals surface area (Å²) in [5, 5.41) is 3.20. The molecule has 1 amide bonds. The zero-order valence-electron chi connectivity index (χ0n) is 9.19. The molecule has 0 aromatic carbocycles. The molecule has 1 aromatic heterocycles. The maximum atomic E-state index is 11.8. The second-order valence-electron chi connectivity index (χ2n) is 3.94. The monoisotopic (exact) mass is 272 g/mol. The van der Waals surface area contributed by atoms with Crippen molar-refractivity contribution in [1.82, 2.24) is 10.3 Å². The Morgan fingerprint density at radius 1 is 1.41 bits per heavy atom. The average molecular weight is 273 g/mol. The number of carbonyl (C=O) groups excluding carboxylic acids is 1. The highest BCUT2D eigenvalue weighted by Crippen LogP contribution is 2.10. The van der Waals surface area contributed by atoms with E-state index in [1.54, 1.807) is 18.2 Å². The molecule has 2 heterocycles. The fraction of sp³-hybridized carbons (Fsp3) is 0.455. The van der Waals surface area contributed by atoms with Gasteiger partial charge in [0.1, 0.15) is 10.8 Å². The molecule has 6 heteroatoms. The van der Waals surface area contributed by atoms with Crippen LogP contribution in [0.15, 0.2) is 18.2 Å². The van der Waals surface area contributed by atoms with Crippen molar-refractivity contribution in [2.75, 3.05) is 11.5 Å². The zero-order valence-corrected chi connectivity index (χ0v) is 10.8. The Labute approximate surface area is 107 Å². The van der Waals surface area contributed by atoms with Gasteiger partial charge in [-0.2, -0.15) is 0 Å². The number of carbonyl (C=O) groups is 1. The van der Waals surface area contributed by atoms with E-state index in [1.165, 1.54) is 0 Å². The van der Waals surface area contributed by atoms with E-state index in [4.69, 9.17) is 11.6 Å². The molecule has 0 radical (unpaired) electrons. The molecule has 0 saturated carbocycles. The normalized spacial score (nSPS) is 24.3. The summed E-state index contributed by atoms with van der Waals surface area (Å²) in [6.07, 6.45) is 1.53. The molecule has 92 valence electrons. The van der Waals surface area contributed by atoms with E-state index >= 15 is 0 Å². The molecule has 1 saturated heterocycles. The fourth-order valence-corrected chi connectivity index (χ4v) is 3.19. The maximum Gasteiger partial charge on any atom is 0.270 e. The highest BCUT2D eigenvalue weighted by Gasteiger charge is 2.20. The topological polar surface area (TPSA) is 59.1 Å². The molecule has 1 aliphatic rings. The van der Waals surface area contributed by atoms with Crippen LogP contribution >= 0.6 is 11.6 Å².